The van der Waals surface area contributed by atoms with E-state index in [1.807, 2.05) is 0 Å². The monoisotopic (exact) mass is 476 g/mol. The van der Waals surface area contributed by atoms with Crippen LogP contribution in [0.4, 0.5) is 4.79 Å². The molecule has 2 aromatic carbocycles. The highest BCUT2D eigenvalue weighted by atomic mass is 16.6. The molecule has 1 amide bonds. The molecule has 1 aliphatic carbocycles. The van der Waals surface area contributed by atoms with E-state index in [1.165, 1.54) is 11.1 Å². The van der Waals surface area contributed by atoms with Gasteiger partial charge >= 0.3 is 6.09 Å². The summed E-state index contributed by atoms with van der Waals surface area (Å²) in [5, 5.41) is 3.23. The molecule has 2 atom stereocenters. The number of ether oxygens (including phenoxy) is 2. The van der Waals surface area contributed by atoms with Crippen LogP contribution in [0.25, 0.3) is 11.1 Å². The maximum Gasteiger partial charge on any atom is 0.407 e. The largest absolute Gasteiger partial charge is 0.496 e. The summed E-state index contributed by atoms with van der Waals surface area (Å²) in [5.74, 6) is 1.99. The standard InChI is InChI=1S/C30H40N2O3/c1-19(2)14-20-6-8-21(9-7-20)24-15-23-17-30(3,4)28(25(23)16-26(24)34-5)31-29(33)35-27-18-32-12-10-22(27)11-13-32/h6-9,15-16,19,22,27-28H,10-14,17-18H2,1-5H3,(H,31,33)/t27-,28?/m0/s1. The van der Waals surface area contributed by atoms with Crippen LogP contribution in [0, 0.1) is 17.3 Å². The number of piperidine rings is 3. The Labute approximate surface area is 210 Å². The molecule has 0 radical (unpaired) electrons. The molecule has 6 rings (SSSR count). The predicted molar refractivity (Wildman–Crippen MR) is 140 cm³/mol. The van der Waals surface area contributed by atoms with E-state index in [9.17, 15) is 4.79 Å². The molecule has 3 saturated heterocycles. The fourth-order valence-corrected chi connectivity index (χ4v) is 6.37. The molecule has 188 valence electrons. The first-order valence-electron chi connectivity index (χ1n) is 13.2. The van der Waals surface area contributed by atoms with Crippen molar-refractivity contribution in [2.24, 2.45) is 17.3 Å². The van der Waals surface area contributed by atoms with Gasteiger partial charge in [0, 0.05) is 12.1 Å². The number of methoxy groups -OCH3 is 1. The lowest BCUT2D eigenvalue weighted by Gasteiger charge is -2.44. The molecule has 2 aromatic rings. The van der Waals surface area contributed by atoms with E-state index < -0.39 is 0 Å². The van der Waals surface area contributed by atoms with Gasteiger partial charge in [0.15, 0.2) is 0 Å². The first-order chi connectivity index (χ1) is 16.7. The van der Waals surface area contributed by atoms with Gasteiger partial charge in [0.1, 0.15) is 11.9 Å². The Balaban J connectivity index is 1.36. The second kappa shape index (κ2) is 9.50. The maximum absolute atomic E-state index is 13.0. The van der Waals surface area contributed by atoms with Crippen molar-refractivity contribution in [1.29, 1.82) is 0 Å². The van der Waals surface area contributed by atoms with Crippen molar-refractivity contribution in [2.45, 2.75) is 65.5 Å². The molecule has 3 heterocycles. The van der Waals surface area contributed by atoms with Crippen LogP contribution < -0.4 is 10.1 Å². The number of fused-ring (bicyclic) bond motifs is 4. The number of nitrogens with zero attached hydrogens (tertiary/aromatic N) is 1. The van der Waals surface area contributed by atoms with Crippen LogP contribution in [-0.4, -0.2) is 43.8 Å². The molecular formula is C30H40N2O3. The SMILES string of the molecule is COc1cc2c(cc1-c1ccc(CC(C)C)cc1)CC(C)(C)C2NC(=O)O[C@H]1CN2CCC1CC2. The zero-order valence-electron chi connectivity index (χ0n) is 21.9. The number of nitrogens with one attached hydrogen (secondary N) is 1. The summed E-state index contributed by atoms with van der Waals surface area (Å²) < 4.78 is 11.8. The van der Waals surface area contributed by atoms with Crippen molar-refractivity contribution < 1.29 is 14.3 Å². The summed E-state index contributed by atoms with van der Waals surface area (Å²) in [4.78, 5) is 15.4. The van der Waals surface area contributed by atoms with E-state index in [4.69, 9.17) is 9.47 Å². The van der Waals surface area contributed by atoms with Gasteiger partial charge in [-0.1, -0.05) is 52.0 Å². The second-order valence-electron chi connectivity index (χ2n) is 11.9. The lowest BCUT2D eigenvalue weighted by atomic mass is 9.85. The number of alkyl carbamates (subject to hydrolysis) is 1. The molecule has 5 heteroatoms. The third-order valence-electron chi connectivity index (χ3n) is 8.23. The summed E-state index contributed by atoms with van der Waals surface area (Å²) in [6.07, 6.45) is 3.96. The summed E-state index contributed by atoms with van der Waals surface area (Å²) in [7, 11) is 1.72. The summed E-state index contributed by atoms with van der Waals surface area (Å²) in [6.45, 7) is 12.1. The fraction of sp³-hybridized carbons (Fsp3) is 0.567. The van der Waals surface area contributed by atoms with Crippen LogP contribution in [-0.2, 0) is 17.6 Å². The molecule has 35 heavy (non-hydrogen) atoms. The average Bonchev–Trinajstić information content (AvgIpc) is 3.07. The van der Waals surface area contributed by atoms with Gasteiger partial charge in [-0.2, -0.15) is 0 Å². The van der Waals surface area contributed by atoms with Crippen molar-refractivity contribution >= 4 is 6.09 Å². The van der Waals surface area contributed by atoms with Gasteiger partial charge in [-0.15, -0.1) is 0 Å². The smallest absolute Gasteiger partial charge is 0.407 e. The minimum absolute atomic E-state index is 0.0112. The quantitative estimate of drug-likeness (QED) is 0.555. The average molecular weight is 477 g/mol. The molecule has 5 nitrogen and oxygen atoms in total. The number of carbonyl (C=O) groups excluding carboxylic acids is 1. The Morgan fingerprint density at radius 2 is 1.86 bits per heavy atom. The van der Waals surface area contributed by atoms with Crippen molar-refractivity contribution in [2.75, 3.05) is 26.7 Å². The summed E-state index contributed by atoms with van der Waals surface area (Å²) in [5.41, 5.74) is 5.92. The highest BCUT2D eigenvalue weighted by Gasteiger charge is 2.42. The Morgan fingerprint density at radius 1 is 1.14 bits per heavy atom. The summed E-state index contributed by atoms with van der Waals surface area (Å²) >= 11 is 0. The topological polar surface area (TPSA) is 50.8 Å². The highest BCUT2D eigenvalue weighted by Crippen LogP contribution is 2.48. The van der Waals surface area contributed by atoms with Crippen molar-refractivity contribution in [3.63, 3.8) is 0 Å². The predicted octanol–water partition coefficient (Wildman–Crippen LogP) is 6.00. The third-order valence-corrected chi connectivity index (χ3v) is 8.23. The van der Waals surface area contributed by atoms with E-state index in [-0.39, 0.29) is 23.7 Å². The number of rotatable bonds is 6. The minimum atomic E-state index is -0.293. The van der Waals surface area contributed by atoms with Gasteiger partial charge in [-0.25, -0.2) is 4.79 Å². The maximum atomic E-state index is 13.0. The van der Waals surface area contributed by atoms with Crippen LogP contribution in [0.3, 0.4) is 0 Å². The second-order valence-corrected chi connectivity index (χ2v) is 11.9. The molecule has 1 unspecified atom stereocenters. The molecule has 0 spiro atoms. The number of hydrogen-bond acceptors (Lipinski definition) is 4. The molecule has 4 aliphatic rings. The highest BCUT2D eigenvalue weighted by molar-refractivity contribution is 5.74. The van der Waals surface area contributed by atoms with Gasteiger partial charge in [-0.05, 0) is 90.4 Å². The van der Waals surface area contributed by atoms with E-state index in [0.717, 1.165) is 67.8 Å². The number of carbonyl (C=O) groups is 1. The Hall–Kier alpha value is -2.53. The number of amides is 1. The molecule has 3 fully saturated rings. The lowest BCUT2D eigenvalue weighted by Crippen LogP contribution is -2.53. The number of benzene rings is 2. The van der Waals surface area contributed by atoms with E-state index in [0.29, 0.717) is 11.8 Å². The van der Waals surface area contributed by atoms with Crippen molar-refractivity contribution in [1.82, 2.24) is 10.2 Å². The van der Waals surface area contributed by atoms with Crippen LogP contribution in [0.5, 0.6) is 5.75 Å². The number of hydrogen-bond donors (Lipinski definition) is 1. The van der Waals surface area contributed by atoms with E-state index in [1.54, 1.807) is 7.11 Å². The molecule has 0 aromatic heterocycles. The van der Waals surface area contributed by atoms with Gasteiger partial charge in [0.05, 0.1) is 13.2 Å². The Kier molecular flexibility index (Phi) is 6.56. The third kappa shape index (κ3) is 4.93. The first kappa shape index (κ1) is 24.2. The van der Waals surface area contributed by atoms with E-state index >= 15 is 0 Å². The summed E-state index contributed by atoms with van der Waals surface area (Å²) in [6, 6.07) is 13.1. The Morgan fingerprint density at radius 3 is 2.46 bits per heavy atom. The van der Waals surface area contributed by atoms with Crippen molar-refractivity contribution in [3.8, 4) is 16.9 Å². The molecular weight excluding hydrogens is 436 g/mol. The molecule has 2 bridgehead atoms. The van der Waals surface area contributed by atoms with Gasteiger partial charge in [0.25, 0.3) is 0 Å². The van der Waals surface area contributed by atoms with Crippen LogP contribution in [0.15, 0.2) is 36.4 Å². The van der Waals surface area contributed by atoms with Gasteiger partial charge < -0.3 is 14.8 Å². The van der Waals surface area contributed by atoms with Gasteiger partial charge in [-0.3, -0.25) is 4.90 Å². The van der Waals surface area contributed by atoms with Crippen LogP contribution >= 0.6 is 0 Å². The van der Waals surface area contributed by atoms with Crippen molar-refractivity contribution in [3.05, 3.63) is 53.1 Å². The van der Waals surface area contributed by atoms with Gasteiger partial charge in [0.2, 0.25) is 0 Å². The van der Waals surface area contributed by atoms with E-state index in [2.05, 4.69) is 74.3 Å². The van der Waals surface area contributed by atoms with Crippen LogP contribution in [0.1, 0.15) is 63.3 Å². The molecule has 0 saturated carbocycles. The minimum Gasteiger partial charge on any atom is -0.496 e. The lowest BCUT2D eigenvalue weighted by molar-refractivity contribution is -0.0349. The Bertz CT molecular complexity index is 1070. The van der Waals surface area contributed by atoms with Crippen LogP contribution in [0.2, 0.25) is 0 Å². The first-order valence-corrected chi connectivity index (χ1v) is 13.2. The normalized spacial score (nSPS) is 26.5. The fourth-order valence-electron chi connectivity index (χ4n) is 6.37. The zero-order valence-corrected chi connectivity index (χ0v) is 21.9. The zero-order chi connectivity index (χ0) is 24.7. The molecule has 1 N–H and O–H groups in total. The molecule has 3 aliphatic heterocycles.